The SMILES string of the molecule is CC.Cc1ccc(Cc2cc(-c3ccc(CCCCC(C)(C)C)c(C(F)F)c3)ccn2)cn1. The predicted molar refractivity (Wildman–Crippen MR) is 135 cm³/mol. The van der Waals surface area contributed by atoms with Crippen LogP contribution < -0.4 is 0 Å². The molecule has 2 nitrogen and oxygen atoms in total. The minimum absolute atomic E-state index is 0.148. The normalized spacial score (nSPS) is 11.3. The van der Waals surface area contributed by atoms with Crippen LogP contribution >= 0.6 is 0 Å². The Morgan fingerprint density at radius 3 is 2.24 bits per heavy atom. The number of alkyl halides is 2. The molecule has 0 aliphatic rings. The topological polar surface area (TPSA) is 25.8 Å². The summed E-state index contributed by atoms with van der Waals surface area (Å²) < 4.78 is 27.6. The third-order valence-corrected chi connectivity index (χ3v) is 5.51. The Morgan fingerprint density at radius 1 is 0.879 bits per heavy atom. The fraction of sp³-hybridized carbons (Fsp3) is 0.448. The number of unbranched alkanes of at least 4 members (excludes halogenated alkanes) is 1. The van der Waals surface area contributed by atoms with Gasteiger partial charge in [0.1, 0.15) is 0 Å². The highest BCUT2D eigenvalue weighted by molar-refractivity contribution is 5.65. The van der Waals surface area contributed by atoms with E-state index in [0.29, 0.717) is 12.8 Å². The molecule has 0 unspecified atom stereocenters. The van der Waals surface area contributed by atoms with Crippen molar-refractivity contribution >= 4 is 0 Å². The summed E-state index contributed by atoms with van der Waals surface area (Å²) in [6.07, 6.45) is 5.56. The summed E-state index contributed by atoms with van der Waals surface area (Å²) in [6.45, 7) is 12.6. The van der Waals surface area contributed by atoms with Gasteiger partial charge in [-0.15, -0.1) is 0 Å². The van der Waals surface area contributed by atoms with Crippen LogP contribution in [0.3, 0.4) is 0 Å². The van der Waals surface area contributed by atoms with Gasteiger partial charge in [0.15, 0.2) is 0 Å². The van der Waals surface area contributed by atoms with E-state index in [9.17, 15) is 8.78 Å². The molecule has 0 saturated carbocycles. The van der Waals surface area contributed by atoms with Crippen molar-refractivity contribution in [1.82, 2.24) is 9.97 Å². The first-order valence-electron chi connectivity index (χ1n) is 12.0. The number of pyridine rings is 2. The Labute approximate surface area is 198 Å². The van der Waals surface area contributed by atoms with Gasteiger partial charge in [0.2, 0.25) is 0 Å². The van der Waals surface area contributed by atoms with Crippen LogP contribution in [0, 0.1) is 12.3 Å². The Morgan fingerprint density at radius 2 is 1.61 bits per heavy atom. The molecule has 178 valence electrons. The highest BCUT2D eigenvalue weighted by atomic mass is 19.3. The highest BCUT2D eigenvalue weighted by Gasteiger charge is 2.15. The first-order valence-corrected chi connectivity index (χ1v) is 12.0. The van der Waals surface area contributed by atoms with Gasteiger partial charge in [0.25, 0.3) is 6.43 Å². The summed E-state index contributed by atoms with van der Waals surface area (Å²) in [5, 5.41) is 0. The Balaban J connectivity index is 0.00000187. The van der Waals surface area contributed by atoms with Crippen molar-refractivity contribution in [2.45, 2.75) is 80.1 Å². The molecule has 33 heavy (non-hydrogen) atoms. The molecular weight excluding hydrogens is 414 g/mol. The average Bonchev–Trinajstić information content (AvgIpc) is 2.79. The van der Waals surface area contributed by atoms with Crippen molar-refractivity contribution < 1.29 is 8.78 Å². The van der Waals surface area contributed by atoms with Gasteiger partial charge >= 0.3 is 0 Å². The molecule has 2 aromatic heterocycles. The second-order valence-electron chi connectivity index (χ2n) is 9.50. The van der Waals surface area contributed by atoms with Crippen LogP contribution in [0.2, 0.25) is 0 Å². The van der Waals surface area contributed by atoms with E-state index in [1.807, 2.05) is 63.4 Å². The molecule has 2 heterocycles. The molecule has 0 saturated heterocycles. The second kappa shape index (κ2) is 12.6. The van der Waals surface area contributed by atoms with Crippen molar-refractivity contribution in [2.24, 2.45) is 5.41 Å². The third-order valence-electron chi connectivity index (χ3n) is 5.51. The van der Waals surface area contributed by atoms with Gasteiger partial charge in [0.05, 0.1) is 0 Å². The zero-order valence-corrected chi connectivity index (χ0v) is 21.0. The van der Waals surface area contributed by atoms with Crippen LogP contribution in [0.1, 0.15) is 88.4 Å². The number of rotatable bonds is 8. The minimum atomic E-state index is -2.47. The summed E-state index contributed by atoms with van der Waals surface area (Å²) in [5.74, 6) is 0. The van der Waals surface area contributed by atoms with E-state index in [0.717, 1.165) is 52.9 Å². The van der Waals surface area contributed by atoms with E-state index in [4.69, 9.17) is 0 Å². The largest absolute Gasteiger partial charge is 0.264 e. The summed E-state index contributed by atoms with van der Waals surface area (Å²) >= 11 is 0. The predicted octanol–water partition coefficient (Wildman–Crippen LogP) is 8.77. The summed E-state index contributed by atoms with van der Waals surface area (Å²) in [6, 6.07) is 13.4. The van der Waals surface area contributed by atoms with E-state index < -0.39 is 6.43 Å². The lowest BCUT2D eigenvalue weighted by molar-refractivity contribution is 0.150. The van der Waals surface area contributed by atoms with Gasteiger partial charge in [-0.25, -0.2) is 8.78 Å². The summed E-state index contributed by atoms with van der Waals surface area (Å²) in [4.78, 5) is 8.78. The van der Waals surface area contributed by atoms with Crippen LogP contribution in [0.25, 0.3) is 11.1 Å². The number of nitrogens with zero attached hydrogens (tertiary/aromatic N) is 2. The molecule has 0 N–H and O–H groups in total. The van der Waals surface area contributed by atoms with Crippen molar-refractivity contribution in [3.8, 4) is 11.1 Å². The van der Waals surface area contributed by atoms with Crippen molar-refractivity contribution in [3.63, 3.8) is 0 Å². The number of aryl methyl sites for hydroxylation is 2. The first-order chi connectivity index (χ1) is 15.7. The van der Waals surface area contributed by atoms with Gasteiger partial charge in [-0.1, -0.05) is 59.2 Å². The van der Waals surface area contributed by atoms with Crippen LogP contribution in [0.15, 0.2) is 54.9 Å². The smallest absolute Gasteiger partial charge is 0.261 e. The van der Waals surface area contributed by atoms with E-state index in [2.05, 4.69) is 30.7 Å². The van der Waals surface area contributed by atoms with Crippen LogP contribution in [0.4, 0.5) is 8.78 Å². The maximum atomic E-state index is 13.8. The van der Waals surface area contributed by atoms with Crippen molar-refractivity contribution in [3.05, 3.63) is 82.9 Å². The fourth-order valence-corrected chi connectivity index (χ4v) is 3.74. The molecule has 0 spiro atoms. The zero-order valence-electron chi connectivity index (χ0n) is 21.0. The van der Waals surface area contributed by atoms with Crippen LogP contribution in [0.5, 0.6) is 0 Å². The number of benzene rings is 1. The summed E-state index contributed by atoms with van der Waals surface area (Å²) in [7, 11) is 0. The van der Waals surface area contributed by atoms with Gasteiger partial charge in [-0.2, -0.15) is 0 Å². The zero-order chi connectivity index (χ0) is 24.4. The van der Waals surface area contributed by atoms with Crippen LogP contribution in [-0.2, 0) is 12.8 Å². The molecule has 0 radical (unpaired) electrons. The van der Waals surface area contributed by atoms with Crippen molar-refractivity contribution in [1.29, 1.82) is 0 Å². The standard InChI is InChI=1S/C27H32F2N2.C2H6/c1-19-8-9-20(18-31-19)15-24-16-23(12-14-30-24)22-11-10-21(25(17-22)26(28)29)7-5-6-13-27(2,3)4;1-2/h8-12,14,16-18,26H,5-7,13,15H2,1-4H3;1-2H3. The Hall–Kier alpha value is -2.62. The maximum absolute atomic E-state index is 13.8. The number of hydrogen-bond acceptors (Lipinski definition) is 2. The molecule has 0 fully saturated rings. The molecule has 0 atom stereocenters. The monoisotopic (exact) mass is 452 g/mol. The van der Waals surface area contributed by atoms with Gasteiger partial charge < -0.3 is 0 Å². The van der Waals surface area contributed by atoms with Gasteiger partial charge in [0, 0.05) is 35.8 Å². The number of aromatic nitrogens is 2. The molecule has 3 rings (SSSR count). The molecule has 0 bridgehead atoms. The minimum Gasteiger partial charge on any atom is -0.261 e. The highest BCUT2D eigenvalue weighted by Crippen LogP contribution is 2.31. The summed E-state index contributed by atoms with van der Waals surface area (Å²) in [5.41, 5.74) is 5.85. The molecule has 3 aromatic rings. The molecular formula is C29H38F2N2. The molecule has 0 aliphatic carbocycles. The van der Waals surface area contributed by atoms with E-state index in [-0.39, 0.29) is 11.0 Å². The van der Waals surface area contributed by atoms with Gasteiger partial charge in [-0.3, -0.25) is 9.97 Å². The lowest BCUT2D eigenvalue weighted by Gasteiger charge is -2.18. The maximum Gasteiger partial charge on any atom is 0.264 e. The third kappa shape index (κ3) is 8.68. The average molecular weight is 453 g/mol. The molecule has 0 aliphatic heterocycles. The first kappa shape index (κ1) is 26.6. The Bertz CT molecular complexity index is 989. The van der Waals surface area contributed by atoms with Crippen LogP contribution in [-0.4, -0.2) is 9.97 Å². The van der Waals surface area contributed by atoms with Gasteiger partial charge in [-0.05, 0) is 78.1 Å². The number of hydrogen-bond donors (Lipinski definition) is 0. The van der Waals surface area contributed by atoms with Crippen molar-refractivity contribution in [2.75, 3.05) is 0 Å². The lowest BCUT2D eigenvalue weighted by Crippen LogP contribution is -2.04. The van der Waals surface area contributed by atoms with E-state index >= 15 is 0 Å². The van der Waals surface area contributed by atoms with E-state index in [1.165, 1.54) is 0 Å². The lowest BCUT2D eigenvalue weighted by atomic mass is 9.88. The molecule has 1 aromatic carbocycles. The molecule has 0 amide bonds. The van der Waals surface area contributed by atoms with E-state index in [1.54, 1.807) is 12.3 Å². The Kier molecular flexibility index (Phi) is 10.1. The quantitative estimate of drug-likeness (QED) is 0.319. The second-order valence-corrected chi connectivity index (χ2v) is 9.50. The fourth-order valence-electron chi connectivity index (χ4n) is 3.74. The number of halogens is 2. The molecule has 4 heteroatoms.